The van der Waals surface area contributed by atoms with Gasteiger partial charge < -0.3 is 10.2 Å². The van der Waals surface area contributed by atoms with E-state index in [2.05, 4.69) is 19.2 Å². The molecule has 1 aliphatic heterocycles. The van der Waals surface area contributed by atoms with Gasteiger partial charge in [-0.05, 0) is 43.7 Å². The SMILES string of the molecule is Cc1ccccc1C(=O)NC(CC(C)C)C(=O)N1CCCCCC1. The van der Waals surface area contributed by atoms with E-state index in [1.807, 2.05) is 36.1 Å². The standard InChI is InChI=1S/C20H30N2O2/c1-15(2)14-18(20(24)22-12-8-4-5-9-13-22)21-19(23)17-11-7-6-10-16(17)3/h6-7,10-11,15,18H,4-5,8-9,12-14H2,1-3H3,(H,21,23). The van der Waals surface area contributed by atoms with Gasteiger partial charge in [0.1, 0.15) is 6.04 Å². The number of hydrogen-bond donors (Lipinski definition) is 1. The minimum atomic E-state index is -0.435. The van der Waals surface area contributed by atoms with Crippen molar-refractivity contribution in [2.24, 2.45) is 5.92 Å². The molecule has 1 aromatic carbocycles. The number of carbonyl (C=O) groups is 2. The van der Waals surface area contributed by atoms with Crippen molar-refractivity contribution in [1.29, 1.82) is 0 Å². The second-order valence-corrected chi connectivity index (χ2v) is 7.21. The van der Waals surface area contributed by atoms with Crippen LogP contribution in [0, 0.1) is 12.8 Å². The lowest BCUT2D eigenvalue weighted by Crippen LogP contribution is -2.49. The lowest BCUT2D eigenvalue weighted by atomic mass is 10.0. The second kappa shape index (κ2) is 8.86. The zero-order valence-corrected chi connectivity index (χ0v) is 15.2. The molecule has 1 saturated heterocycles. The Labute approximate surface area is 145 Å². The molecule has 0 saturated carbocycles. The van der Waals surface area contributed by atoms with Gasteiger partial charge in [0.25, 0.3) is 5.91 Å². The number of likely N-dealkylation sites (tertiary alicyclic amines) is 1. The van der Waals surface area contributed by atoms with Crippen LogP contribution in [0.3, 0.4) is 0 Å². The van der Waals surface area contributed by atoms with Crippen molar-refractivity contribution in [1.82, 2.24) is 10.2 Å². The predicted octanol–water partition coefficient (Wildman–Crippen LogP) is 3.54. The smallest absolute Gasteiger partial charge is 0.252 e. The molecule has 0 spiro atoms. The summed E-state index contributed by atoms with van der Waals surface area (Å²) in [4.78, 5) is 27.5. The number of benzene rings is 1. The van der Waals surface area contributed by atoms with E-state index < -0.39 is 6.04 Å². The van der Waals surface area contributed by atoms with Gasteiger partial charge in [-0.2, -0.15) is 0 Å². The first kappa shape index (κ1) is 18.5. The van der Waals surface area contributed by atoms with Crippen molar-refractivity contribution in [3.8, 4) is 0 Å². The zero-order valence-electron chi connectivity index (χ0n) is 15.2. The van der Waals surface area contributed by atoms with Gasteiger partial charge in [-0.1, -0.05) is 44.9 Å². The number of rotatable bonds is 5. The number of nitrogens with zero attached hydrogens (tertiary/aromatic N) is 1. The third-order valence-corrected chi connectivity index (χ3v) is 4.62. The molecule has 24 heavy (non-hydrogen) atoms. The highest BCUT2D eigenvalue weighted by Crippen LogP contribution is 2.15. The Hall–Kier alpha value is -1.84. The molecule has 0 aromatic heterocycles. The molecule has 0 radical (unpaired) electrons. The zero-order chi connectivity index (χ0) is 17.5. The first-order valence-corrected chi connectivity index (χ1v) is 9.14. The molecule has 0 bridgehead atoms. The van der Waals surface area contributed by atoms with Crippen LogP contribution in [0.1, 0.15) is 61.9 Å². The average Bonchev–Trinajstić information content (AvgIpc) is 2.82. The van der Waals surface area contributed by atoms with Crippen molar-refractivity contribution in [3.05, 3.63) is 35.4 Å². The minimum Gasteiger partial charge on any atom is -0.341 e. The third-order valence-electron chi connectivity index (χ3n) is 4.62. The number of aryl methyl sites for hydroxylation is 1. The van der Waals surface area contributed by atoms with Crippen molar-refractivity contribution in [2.45, 2.75) is 58.9 Å². The van der Waals surface area contributed by atoms with Gasteiger partial charge in [-0.15, -0.1) is 0 Å². The quantitative estimate of drug-likeness (QED) is 0.897. The molecule has 2 rings (SSSR count). The first-order chi connectivity index (χ1) is 11.5. The fourth-order valence-corrected chi connectivity index (χ4v) is 3.27. The summed E-state index contributed by atoms with van der Waals surface area (Å²) in [5.74, 6) is 0.276. The molecular formula is C20H30N2O2. The van der Waals surface area contributed by atoms with Gasteiger partial charge in [-0.3, -0.25) is 9.59 Å². The molecule has 1 fully saturated rings. The van der Waals surface area contributed by atoms with Crippen LogP contribution in [-0.4, -0.2) is 35.8 Å². The highest BCUT2D eigenvalue weighted by Gasteiger charge is 2.27. The Morgan fingerprint density at radius 2 is 1.71 bits per heavy atom. The summed E-state index contributed by atoms with van der Waals surface area (Å²) >= 11 is 0. The first-order valence-electron chi connectivity index (χ1n) is 9.14. The van der Waals surface area contributed by atoms with Crippen LogP contribution < -0.4 is 5.32 Å². The Balaban J connectivity index is 2.11. The number of amides is 2. The maximum absolute atomic E-state index is 12.9. The van der Waals surface area contributed by atoms with E-state index in [9.17, 15) is 9.59 Å². The highest BCUT2D eigenvalue weighted by molar-refractivity contribution is 5.98. The summed E-state index contributed by atoms with van der Waals surface area (Å²) in [6.45, 7) is 7.72. The number of carbonyl (C=O) groups excluding carboxylic acids is 2. The molecule has 1 N–H and O–H groups in total. The fourth-order valence-electron chi connectivity index (χ4n) is 3.27. The van der Waals surface area contributed by atoms with Crippen LogP contribution in [0.5, 0.6) is 0 Å². The van der Waals surface area contributed by atoms with E-state index in [0.717, 1.165) is 31.5 Å². The molecule has 4 heteroatoms. The van der Waals surface area contributed by atoms with Crippen LogP contribution >= 0.6 is 0 Å². The van der Waals surface area contributed by atoms with Gasteiger partial charge in [-0.25, -0.2) is 0 Å². The fraction of sp³-hybridized carbons (Fsp3) is 0.600. The number of nitrogens with one attached hydrogen (secondary N) is 1. The van der Waals surface area contributed by atoms with Gasteiger partial charge in [0, 0.05) is 18.7 Å². The maximum atomic E-state index is 12.9. The Bertz CT molecular complexity index is 561. The Morgan fingerprint density at radius 3 is 2.29 bits per heavy atom. The molecule has 1 aromatic rings. The lowest BCUT2D eigenvalue weighted by Gasteiger charge is -2.28. The van der Waals surface area contributed by atoms with Crippen molar-refractivity contribution in [2.75, 3.05) is 13.1 Å². The summed E-state index contributed by atoms with van der Waals surface area (Å²) in [5, 5.41) is 2.99. The minimum absolute atomic E-state index is 0.0764. The van der Waals surface area contributed by atoms with Crippen molar-refractivity contribution in [3.63, 3.8) is 0 Å². The number of hydrogen-bond acceptors (Lipinski definition) is 2. The van der Waals surface area contributed by atoms with Gasteiger partial charge >= 0.3 is 0 Å². The third kappa shape index (κ3) is 5.08. The maximum Gasteiger partial charge on any atom is 0.252 e. The van der Waals surface area contributed by atoms with Gasteiger partial charge in [0.05, 0.1) is 0 Å². The highest BCUT2D eigenvalue weighted by atomic mass is 16.2. The monoisotopic (exact) mass is 330 g/mol. The molecular weight excluding hydrogens is 300 g/mol. The van der Waals surface area contributed by atoms with Crippen LogP contribution in [0.2, 0.25) is 0 Å². The van der Waals surface area contributed by atoms with E-state index in [1.54, 1.807) is 0 Å². The van der Waals surface area contributed by atoms with E-state index in [-0.39, 0.29) is 11.8 Å². The van der Waals surface area contributed by atoms with E-state index in [1.165, 1.54) is 12.8 Å². The van der Waals surface area contributed by atoms with Gasteiger partial charge in [0.15, 0.2) is 0 Å². The molecule has 2 amide bonds. The largest absolute Gasteiger partial charge is 0.341 e. The Morgan fingerprint density at radius 1 is 1.08 bits per heavy atom. The summed E-state index contributed by atoms with van der Waals surface area (Å²) in [6, 6.07) is 7.07. The average molecular weight is 330 g/mol. The van der Waals surface area contributed by atoms with Crippen molar-refractivity contribution >= 4 is 11.8 Å². The molecule has 4 nitrogen and oxygen atoms in total. The van der Waals surface area contributed by atoms with E-state index >= 15 is 0 Å². The van der Waals surface area contributed by atoms with Crippen molar-refractivity contribution < 1.29 is 9.59 Å². The Kier molecular flexibility index (Phi) is 6.83. The van der Waals surface area contributed by atoms with Crippen LogP contribution in [0.15, 0.2) is 24.3 Å². The molecule has 1 aliphatic rings. The summed E-state index contributed by atoms with van der Waals surface area (Å²) in [6.07, 6.45) is 5.17. The van der Waals surface area contributed by atoms with E-state index in [4.69, 9.17) is 0 Å². The summed E-state index contributed by atoms with van der Waals surface area (Å²) in [5.41, 5.74) is 1.58. The second-order valence-electron chi connectivity index (χ2n) is 7.21. The summed E-state index contributed by atoms with van der Waals surface area (Å²) < 4.78 is 0. The molecule has 132 valence electrons. The lowest BCUT2D eigenvalue weighted by molar-refractivity contribution is -0.133. The molecule has 1 heterocycles. The normalized spacial score (nSPS) is 16.6. The molecule has 1 atom stereocenters. The van der Waals surface area contributed by atoms with Crippen LogP contribution in [0.25, 0.3) is 0 Å². The summed E-state index contributed by atoms with van der Waals surface area (Å²) in [7, 11) is 0. The van der Waals surface area contributed by atoms with Crippen LogP contribution in [-0.2, 0) is 4.79 Å². The van der Waals surface area contributed by atoms with E-state index in [0.29, 0.717) is 17.9 Å². The van der Waals surface area contributed by atoms with Crippen LogP contribution in [0.4, 0.5) is 0 Å². The van der Waals surface area contributed by atoms with Gasteiger partial charge in [0.2, 0.25) is 5.91 Å². The molecule has 0 aliphatic carbocycles. The predicted molar refractivity (Wildman–Crippen MR) is 96.9 cm³/mol. The molecule has 1 unspecified atom stereocenters. The topological polar surface area (TPSA) is 49.4 Å².